The number of nitrogens with one attached hydrogen (secondary N) is 1. The van der Waals surface area contributed by atoms with Crippen LogP contribution in [0.5, 0.6) is 0 Å². The van der Waals surface area contributed by atoms with Crippen LogP contribution in [-0.4, -0.2) is 32.5 Å². The van der Waals surface area contributed by atoms with Gasteiger partial charge in [-0.3, -0.25) is 9.59 Å². The Labute approximate surface area is 163 Å². The lowest BCUT2D eigenvalue weighted by atomic mass is 10.1. The number of sulfonamides is 1. The number of halogens is 1. The van der Waals surface area contributed by atoms with Gasteiger partial charge in [0.05, 0.1) is 17.4 Å². The minimum Gasteiger partial charge on any atom is -0.352 e. The molecule has 2 aromatic rings. The minimum atomic E-state index is -3.70. The predicted octanol–water partition coefficient (Wildman–Crippen LogP) is 2.63. The molecule has 3 rings (SSSR count). The highest BCUT2D eigenvalue weighted by Crippen LogP contribution is 2.28. The van der Waals surface area contributed by atoms with Gasteiger partial charge in [0.15, 0.2) is 0 Å². The molecule has 6 nitrogen and oxygen atoms in total. The van der Waals surface area contributed by atoms with Crippen molar-refractivity contribution >= 4 is 39.1 Å². The Bertz CT molecular complexity index is 973. The zero-order chi connectivity index (χ0) is 19.6. The summed E-state index contributed by atoms with van der Waals surface area (Å²) in [5.41, 5.74) is 1.53. The second-order valence-corrected chi connectivity index (χ2v) is 8.76. The van der Waals surface area contributed by atoms with Crippen molar-refractivity contribution < 1.29 is 18.0 Å². The molecule has 1 aliphatic heterocycles. The first kappa shape index (κ1) is 19.4. The van der Waals surface area contributed by atoms with E-state index >= 15 is 0 Å². The largest absolute Gasteiger partial charge is 0.352 e. The number of rotatable bonds is 5. The molecular weight excluding hydrogens is 388 g/mol. The van der Waals surface area contributed by atoms with E-state index in [0.717, 1.165) is 9.87 Å². The van der Waals surface area contributed by atoms with Gasteiger partial charge in [-0.25, -0.2) is 12.7 Å². The van der Waals surface area contributed by atoms with E-state index in [1.165, 1.54) is 12.1 Å². The Balaban J connectivity index is 1.69. The van der Waals surface area contributed by atoms with Crippen molar-refractivity contribution in [2.24, 2.45) is 5.92 Å². The molecular formula is C19H19ClN2O4S. The lowest BCUT2D eigenvalue weighted by molar-refractivity contribution is -0.119. The first-order chi connectivity index (χ1) is 12.8. The fourth-order valence-corrected chi connectivity index (χ4v) is 4.87. The molecule has 8 heteroatoms. The molecule has 1 N–H and O–H groups in total. The summed E-state index contributed by atoms with van der Waals surface area (Å²) in [5, 5.41) is 3.45. The summed E-state index contributed by atoms with van der Waals surface area (Å²) >= 11 is 5.84. The summed E-state index contributed by atoms with van der Waals surface area (Å²) < 4.78 is 25.2. The van der Waals surface area contributed by atoms with Crippen molar-refractivity contribution in [1.82, 2.24) is 5.32 Å². The topological polar surface area (TPSA) is 83.6 Å². The predicted molar refractivity (Wildman–Crippen MR) is 104 cm³/mol. The van der Waals surface area contributed by atoms with Gasteiger partial charge in [0, 0.05) is 17.1 Å². The zero-order valence-electron chi connectivity index (χ0n) is 14.7. The normalized spacial score (nSPS) is 18.5. The molecule has 2 amide bonds. The van der Waals surface area contributed by atoms with Gasteiger partial charge in [-0.2, -0.15) is 0 Å². The van der Waals surface area contributed by atoms with Crippen LogP contribution in [0, 0.1) is 5.92 Å². The summed E-state index contributed by atoms with van der Waals surface area (Å²) in [5.74, 6) is -1.62. The van der Waals surface area contributed by atoms with Gasteiger partial charge < -0.3 is 5.32 Å². The summed E-state index contributed by atoms with van der Waals surface area (Å²) in [7, 11) is -3.70. The molecule has 0 unspecified atom stereocenters. The van der Waals surface area contributed by atoms with E-state index in [1.54, 1.807) is 31.2 Å². The van der Waals surface area contributed by atoms with Crippen LogP contribution >= 0.6 is 11.6 Å². The highest BCUT2D eigenvalue weighted by atomic mass is 35.5. The van der Waals surface area contributed by atoms with E-state index in [9.17, 15) is 18.0 Å². The van der Waals surface area contributed by atoms with Crippen LogP contribution < -0.4 is 9.62 Å². The number of carbonyl (C=O) groups is 2. The lowest BCUT2D eigenvalue weighted by Gasteiger charge is -2.16. The second kappa shape index (κ2) is 7.70. The fraction of sp³-hybridized carbons (Fsp3) is 0.263. The maximum absolute atomic E-state index is 12.4. The molecule has 0 saturated carbocycles. The maximum atomic E-state index is 12.4. The van der Waals surface area contributed by atoms with Crippen LogP contribution in [0.15, 0.2) is 48.5 Å². The average molecular weight is 407 g/mol. The molecule has 1 aliphatic rings. The van der Waals surface area contributed by atoms with E-state index < -0.39 is 21.8 Å². The molecule has 0 aromatic heterocycles. The summed E-state index contributed by atoms with van der Waals surface area (Å²) in [6.45, 7) is 2.00. The average Bonchev–Trinajstić information content (AvgIpc) is 2.83. The van der Waals surface area contributed by atoms with Gasteiger partial charge in [0.1, 0.15) is 0 Å². The van der Waals surface area contributed by atoms with Gasteiger partial charge in [-0.1, -0.05) is 36.7 Å². The Morgan fingerprint density at radius 2 is 1.93 bits per heavy atom. The van der Waals surface area contributed by atoms with Crippen molar-refractivity contribution in [2.75, 3.05) is 16.6 Å². The van der Waals surface area contributed by atoms with E-state index in [1.807, 2.05) is 12.1 Å². The van der Waals surface area contributed by atoms with Crippen LogP contribution in [0.25, 0.3) is 0 Å². The van der Waals surface area contributed by atoms with Crippen molar-refractivity contribution in [3.8, 4) is 0 Å². The number of benzene rings is 2. The Kier molecular flexibility index (Phi) is 5.53. The smallest absolute Gasteiger partial charge is 0.251 e. The van der Waals surface area contributed by atoms with Crippen LogP contribution in [0.4, 0.5) is 5.69 Å². The van der Waals surface area contributed by atoms with Crippen molar-refractivity contribution in [3.63, 3.8) is 0 Å². The molecule has 2 aromatic carbocycles. The van der Waals surface area contributed by atoms with Crippen molar-refractivity contribution in [2.45, 2.75) is 13.3 Å². The van der Waals surface area contributed by atoms with Crippen molar-refractivity contribution in [1.29, 1.82) is 0 Å². The molecule has 1 atom stereocenters. The molecule has 1 fully saturated rings. The maximum Gasteiger partial charge on any atom is 0.251 e. The van der Waals surface area contributed by atoms with Gasteiger partial charge in [0.2, 0.25) is 15.9 Å². The van der Waals surface area contributed by atoms with Gasteiger partial charge >= 0.3 is 0 Å². The molecule has 142 valence electrons. The molecule has 0 spiro atoms. The molecule has 1 saturated heterocycles. The number of hydrogen-bond acceptors (Lipinski definition) is 4. The first-order valence-corrected chi connectivity index (χ1v) is 10.5. The lowest BCUT2D eigenvalue weighted by Crippen LogP contribution is -2.31. The van der Waals surface area contributed by atoms with Crippen LogP contribution in [0.1, 0.15) is 22.8 Å². The Morgan fingerprint density at radius 1 is 1.22 bits per heavy atom. The second-order valence-electron chi connectivity index (χ2n) is 6.46. The standard InChI is InChI=1S/C19H19ClN2O4S/c1-13-12-27(25,26)22(19(13)24)17-4-2-3-15(11-17)18(23)21-10-9-14-5-7-16(20)8-6-14/h2-8,11,13H,9-10,12H2,1H3,(H,21,23)/t13-/m0/s1. The minimum absolute atomic E-state index is 0.190. The Morgan fingerprint density at radius 3 is 2.56 bits per heavy atom. The third kappa shape index (κ3) is 4.31. The monoisotopic (exact) mass is 406 g/mol. The van der Waals surface area contributed by atoms with E-state index in [-0.39, 0.29) is 17.3 Å². The van der Waals surface area contributed by atoms with E-state index in [2.05, 4.69) is 5.32 Å². The van der Waals surface area contributed by atoms with Crippen LogP contribution in [0.2, 0.25) is 5.02 Å². The molecule has 1 heterocycles. The first-order valence-electron chi connectivity index (χ1n) is 8.47. The van der Waals surface area contributed by atoms with Gasteiger partial charge in [0.25, 0.3) is 5.91 Å². The van der Waals surface area contributed by atoms with Crippen LogP contribution in [0.3, 0.4) is 0 Å². The number of anilines is 1. The SMILES string of the molecule is C[C@H]1CS(=O)(=O)N(c2cccc(C(=O)NCCc3ccc(Cl)cc3)c2)C1=O. The van der Waals surface area contributed by atoms with E-state index in [4.69, 9.17) is 11.6 Å². The van der Waals surface area contributed by atoms with Gasteiger partial charge in [-0.15, -0.1) is 0 Å². The highest BCUT2D eigenvalue weighted by Gasteiger charge is 2.42. The van der Waals surface area contributed by atoms with Gasteiger partial charge in [-0.05, 0) is 42.3 Å². The molecule has 27 heavy (non-hydrogen) atoms. The molecule has 0 bridgehead atoms. The third-order valence-electron chi connectivity index (χ3n) is 4.32. The van der Waals surface area contributed by atoms with Crippen LogP contribution in [-0.2, 0) is 21.2 Å². The van der Waals surface area contributed by atoms with E-state index in [0.29, 0.717) is 23.6 Å². The van der Waals surface area contributed by atoms with Crippen molar-refractivity contribution in [3.05, 3.63) is 64.7 Å². The number of carbonyl (C=O) groups excluding carboxylic acids is 2. The number of nitrogens with zero attached hydrogens (tertiary/aromatic N) is 1. The summed E-state index contributed by atoms with van der Waals surface area (Å²) in [6.07, 6.45) is 0.638. The highest BCUT2D eigenvalue weighted by molar-refractivity contribution is 7.94. The fourth-order valence-electron chi connectivity index (χ4n) is 2.93. The summed E-state index contributed by atoms with van der Waals surface area (Å²) in [4.78, 5) is 24.6. The number of amides is 2. The quantitative estimate of drug-likeness (QED) is 0.827. The molecule has 0 aliphatic carbocycles. The third-order valence-corrected chi connectivity index (χ3v) is 6.44. The summed E-state index contributed by atoms with van der Waals surface area (Å²) in [6, 6.07) is 13.4. The Hall–Kier alpha value is -2.38. The number of hydrogen-bond donors (Lipinski definition) is 1. The molecule has 0 radical (unpaired) electrons. The zero-order valence-corrected chi connectivity index (χ0v) is 16.3.